The van der Waals surface area contributed by atoms with Crippen molar-refractivity contribution in [2.24, 2.45) is 0 Å². The fourth-order valence-corrected chi connectivity index (χ4v) is 1.03. The highest BCUT2D eigenvalue weighted by molar-refractivity contribution is 4.52. The molecule has 0 aliphatic heterocycles. The van der Waals surface area contributed by atoms with E-state index in [2.05, 4.69) is 5.32 Å². The molecule has 0 saturated heterocycles. The Morgan fingerprint density at radius 3 is 2.42 bits per heavy atom. The Kier molecular flexibility index (Phi) is 8.88. The van der Waals surface area contributed by atoms with Gasteiger partial charge in [0.2, 0.25) is 0 Å². The van der Waals surface area contributed by atoms with Gasteiger partial charge in [-0.05, 0) is 26.3 Å². The molecule has 0 aromatic carbocycles. The third kappa shape index (κ3) is 9.88. The molecule has 0 aromatic heterocycles. The second-order valence-corrected chi connectivity index (χ2v) is 3.19. The van der Waals surface area contributed by atoms with E-state index in [9.17, 15) is 0 Å². The fourth-order valence-electron chi connectivity index (χ4n) is 1.03. The molecule has 1 atom stereocenters. The van der Waals surface area contributed by atoms with Crippen LogP contribution in [0.4, 0.5) is 0 Å². The van der Waals surface area contributed by atoms with Crippen LogP contribution < -0.4 is 5.32 Å². The molecule has 74 valence electrons. The molecular formula is C9H21NO2. The molecular weight excluding hydrogens is 154 g/mol. The second-order valence-electron chi connectivity index (χ2n) is 3.19. The predicted octanol–water partition coefficient (Wildman–Crippen LogP) is 0.509. The SMILES string of the molecule is C[C@@H](O)CNCCCCCCO. The van der Waals surface area contributed by atoms with Crippen LogP contribution in [0.3, 0.4) is 0 Å². The van der Waals surface area contributed by atoms with Crippen LogP contribution in [0, 0.1) is 0 Å². The first-order valence-corrected chi connectivity index (χ1v) is 4.77. The van der Waals surface area contributed by atoms with Gasteiger partial charge < -0.3 is 15.5 Å². The lowest BCUT2D eigenvalue weighted by Crippen LogP contribution is -2.25. The molecule has 0 radical (unpaired) electrons. The van der Waals surface area contributed by atoms with Crippen molar-refractivity contribution in [1.82, 2.24) is 5.32 Å². The zero-order valence-corrected chi connectivity index (χ0v) is 7.92. The van der Waals surface area contributed by atoms with Gasteiger partial charge in [0.25, 0.3) is 0 Å². The zero-order chi connectivity index (χ0) is 9.23. The molecule has 0 saturated carbocycles. The van der Waals surface area contributed by atoms with Crippen LogP contribution >= 0.6 is 0 Å². The van der Waals surface area contributed by atoms with E-state index in [4.69, 9.17) is 10.2 Å². The number of hydrogen-bond donors (Lipinski definition) is 3. The smallest absolute Gasteiger partial charge is 0.0636 e. The van der Waals surface area contributed by atoms with E-state index >= 15 is 0 Å². The summed E-state index contributed by atoms with van der Waals surface area (Å²) in [6.07, 6.45) is 4.06. The van der Waals surface area contributed by atoms with Crippen LogP contribution in [0.2, 0.25) is 0 Å². The Labute approximate surface area is 74.8 Å². The molecule has 0 amide bonds. The number of rotatable bonds is 8. The average Bonchev–Trinajstić information content (AvgIpc) is 2.02. The van der Waals surface area contributed by atoms with E-state index in [1.54, 1.807) is 6.92 Å². The molecule has 0 bridgehead atoms. The van der Waals surface area contributed by atoms with Crippen molar-refractivity contribution in [2.75, 3.05) is 19.7 Å². The van der Waals surface area contributed by atoms with E-state index in [1.807, 2.05) is 0 Å². The highest BCUT2D eigenvalue weighted by Crippen LogP contribution is 1.97. The summed E-state index contributed by atoms with van der Waals surface area (Å²) in [6, 6.07) is 0. The van der Waals surface area contributed by atoms with Crippen molar-refractivity contribution in [3.05, 3.63) is 0 Å². The molecule has 0 rings (SSSR count). The quantitative estimate of drug-likeness (QED) is 0.471. The van der Waals surface area contributed by atoms with Crippen LogP contribution in [-0.4, -0.2) is 36.0 Å². The molecule has 0 aliphatic carbocycles. The van der Waals surface area contributed by atoms with E-state index in [0.717, 1.165) is 32.2 Å². The molecule has 0 unspecified atom stereocenters. The average molecular weight is 175 g/mol. The lowest BCUT2D eigenvalue weighted by Gasteiger charge is -2.05. The normalized spacial score (nSPS) is 13.2. The molecule has 3 N–H and O–H groups in total. The van der Waals surface area contributed by atoms with E-state index < -0.39 is 0 Å². The summed E-state index contributed by atoms with van der Waals surface area (Å²) in [5, 5.41) is 20.5. The van der Waals surface area contributed by atoms with Crippen molar-refractivity contribution in [3.63, 3.8) is 0 Å². The lowest BCUT2D eigenvalue weighted by atomic mass is 10.2. The number of aliphatic hydroxyl groups excluding tert-OH is 2. The Bertz CT molecular complexity index is 86.6. The van der Waals surface area contributed by atoms with Crippen molar-refractivity contribution < 1.29 is 10.2 Å². The first-order valence-electron chi connectivity index (χ1n) is 4.77. The largest absolute Gasteiger partial charge is 0.396 e. The Morgan fingerprint density at radius 1 is 1.17 bits per heavy atom. The van der Waals surface area contributed by atoms with Gasteiger partial charge in [0.05, 0.1) is 6.10 Å². The standard InChI is InChI=1S/C9H21NO2/c1-9(12)8-10-6-4-2-3-5-7-11/h9-12H,2-8H2,1H3/t9-/m1/s1. The molecule has 12 heavy (non-hydrogen) atoms. The summed E-state index contributed by atoms with van der Waals surface area (Å²) in [4.78, 5) is 0. The molecule has 0 aliphatic rings. The maximum Gasteiger partial charge on any atom is 0.0636 e. The third-order valence-electron chi connectivity index (χ3n) is 1.70. The predicted molar refractivity (Wildman–Crippen MR) is 50.1 cm³/mol. The minimum absolute atomic E-state index is 0.248. The van der Waals surface area contributed by atoms with E-state index in [-0.39, 0.29) is 6.10 Å². The highest BCUT2D eigenvalue weighted by atomic mass is 16.3. The number of unbranched alkanes of at least 4 members (excludes halogenated alkanes) is 3. The van der Waals surface area contributed by atoms with Crippen molar-refractivity contribution in [1.29, 1.82) is 0 Å². The lowest BCUT2D eigenvalue weighted by molar-refractivity contribution is 0.191. The fraction of sp³-hybridized carbons (Fsp3) is 1.00. The van der Waals surface area contributed by atoms with E-state index in [1.165, 1.54) is 0 Å². The molecule has 0 spiro atoms. The van der Waals surface area contributed by atoms with Gasteiger partial charge in [0.15, 0.2) is 0 Å². The van der Waals surface area contributed by atoms with Gasteiger partial charge in [-0.25, -0.2) is 0 Å². The second kappa shape index (κ2) is 8.97. The first-order chi connectivity index (χ1) is 5.77. The van der Waals surface area contributed by atoms with Gasteiger partial charge in [-0.3, -0.25) is 0 Å². The molecule has 0 fully saturated rings. The zero-order valence-electron chi connectivity index (χ0n) is 7.92. The maximum atomic E-state index is 8.90. The number of nitrogens with one attached hydrogen (secondary N) is 1. The summed E-state index contributed by atoms with van der Waals surface area (Å²) in [7, 11) is 0. The van der Waals surface area contributed by atoms with Gasteiger partial charge in [-0.1, -0.05) is 12.8 Å². The van der Waals surface area contributed by atoms with Crippen LogP contribution in [0.5, 0.6) is 0 Å². The van der Waals surface area contributed by atoms with Gasteiger partial charge >= 0.3 is 0 Å². The monoisotopic (exact) mass is 175 g/mol. The summed E-state index contributed by atoms with van der Waals surface area (Å²) in [5.41, 5.74) is 0. The van der Waals surface area contributed by atoms with Gasteiger partial charge in [-0.2, -0.15) is 0 Å². The molecule has 0 heterocycles. The van der Waals surface area contributed by atoms with Crippen LogP contribution in [0.25, 0.3) is 0 Å². The van der Waals surface area contributed by atoms with Crippen molar-refractivity contribution >= 4 is 0 Å². The Hall–Kier alpha value is -0.120. The molecule has 3 nitrogen and oxygen atoms in total. The van der Waals surface area contributed by atoms with Crippen LogP contribution in [0.1, 0.15) is 32.6 Å². The van der Waals surface area contributed by atoms with E-state index in [0.29, 0.717) is 13.2 Å². The Balaban J connectivity index is 2.82. The Morgan fingerprint density at radius 2 is 1.83 bits per heavy atom. The molecule has 0 aromatic rings. The minimum atomic E-state index is -0.248. The van der Waals surface area contributed by atoms with Crippen LogP contribution in [0.15, 0.2) is 0 Å². The highest BCUT2D eigenvalue weighted by Gasteiger charge is 1.93. The maximum absolute atomic E-state index is 8.90. The van der Waals surface area contributed by atoms with Crippen molar-refractivity contribution in [3.8, 4) is 0 Å². The molecule has 3 heteroatoms. The van der Waals surface area contributed by atoms with Gasteiger partial charge in [0.1, 0.15) is 0 Å². The summed E-state index contributed by atoms with van der Waals surface area (Å²) in [6.45, 7) is 3.73. The topological polar surface area (TPSA) is 52.5 Å². The van der Waals surface area contributed by atoms with Crippen LogP contribution in [-0.2, 0) is 0 Å². The summed E-state index contributed by atoms with van der Waals surface area (Å²) < 4.78 is 0. The van der Waals surface area contributed by atoms with Gasteiger partial charge in [0, 0.05) is 13.2 Å². The number of aliphatic hydroxyl groups is 2. The van der Waals surface area contributed by atoms with Gasteiger partial charge in [-0.15, -0.1) is 0 Å². The van der Waals surface area contributed by atoms with Crippen molar-refractivity contribution in [2.45, 2.75) is 38.7 Å². The first kappa shape index (κ1) is 11.9. The third-order valence-corrected chi connectivity index (χ3v) is 1.70. The summed E-state index contributed by atoms with van der Waals surface area (Å²) >= 11 is 0. The minimum Gasteiger partial charge on any atom is -0.396 e. The summed E-state index contributed by atoms with van der Waals surface area (Å²) in [5.74, 6) is 0. The number of hydrogen-bond acceptors (Lipinski definition) is 3.